The molecule has 0 aromatic heterocycles. The normalized spacial score (nSPS) is 20.6. The van der Waals surface area contributed by atoms with Crippen molar-refractivity contribution in [3.05, 3.63) is 29.6 Å². The Morgan fingerprint density at radius 1 is 1.47 bits per heavy atom. The molecule has 0 spiro atoms. The molecule has 7 heteroatoms. The van der Waals surface area contributed by atoms with Gasteiger partial charge in [-0.1, -0.05) is 6.07 Å². The minimum Gasteiger partial charge on any atom is -0.481 e. The van der Waals surface area contributed by atoms with E-state index in [0.717, 1.165) is 10.4 Å². The molecule has 0 bridgehead atoms. The first-order valence-electron chi connectivity index (χ1n) is 5.81. The summed E-state index contributed by atoms with van der Waals surface area (Å²) in [6.07, 6.45) is 0.281. The molecule has 0 radical (unpaired) electrons. The Kier molecular flexibility index (Phi) is 3.60. The van der Waals surface area contributed by atoms with Crippen LogP contribution in [-0.4, -0.2) is 36.9 Å². The second-order valence-corrected chi connectivity index (χ2v) is 6.54. The van der Waals surface area contributed by atoms with E-state index >= 15 is 0 Å². The van der Waals surface area contributed by atoms with Crippen LogP contribution in [0.5, 0.6) is 0 Å². The molecule has 1 fully saturated rings. The summed E-state index contributed by atoms with van der Waals surface area (Å²) >= 11 is 0. The number of carbonyl (C=O) groups is 1. The van der Waals surface area contributed by atoms with Crippen molar-refractivity contribution in [2.45, 2.75) is 18.2 Å². The van der Waals surface area contributed by atoms with E-state index in [2.05, 4.69) is 0 Å². The van der Waals surface area contributed by atoms with Crippen LogP contribution in [0.4, 0.5) is 4.39 Å². The molecule has 1 aliphatic heterocycles. The zero-order valence-electron chi connectivity index (χ0n) is 10.3. The van der Waals surface area contributed by atoms with E-state index in [-0.39, 0.29) is 24.4 Å². The minimum absolute atomic E-state index is 0.0623. The van der Waals surface area contributed by atoms with Gasteiger partial charge in [-0.05, 0) is 31.0 Å². The minimum atomic E-state index is -3.81. The third kappa shape index (κ3) is 2.62. The largest absolute Gasteiger partial charge is 0.481 e. The van der Waals surface area contributed by atoms with Crippen molar-refractivity contribution in [3.63, 3.8) is 0 Å². The van der Waals surface area contributed by atoms with Crippen molar-refractivity contribution in [2.75, 3.05) is 13.1 Å². The van der Waals surface area contributed by atoms with Crippen LogP contribution in [0.25, 0.3) is 0 Å². The van der Waals surface area contributed by atoms with Crippen molar-refractivity contribution in [2.24, 2.45) is 5.92 Å². The van der Waals surface area contributed by atoms with E-state index in [0.29, 0.717) is 5.56 Å². The highest BCUT2D eigenvalue weighted by molar-refractivity contribution is 7.89. The molecule has 1 heterocycles. The molecule has 1 aromatic rings. The first-order valence-corrected chi connectivity index (χ1v) is 7.25. The SMILES string of the molecule is Cc1ccc(S(=O)(=O)N2CC[C@@H](C(=O)O)C2)cc1F. The average molecular weight is 287 g/mol. The van der Waals surface area contributed by atoms with Gasteiger partial charge >= 0.3 is 5.97 Å². The number of carboxylic acids is 1. The van der Waals surface area contributed by atoms with Crippen LogP contribution in [0.15, 0.2) is 23.1 Å². The standard InChI is InChI=1S/C12H14FNO4S/c1-8-2-3-10(6-11(8)13)19(17,18)14-5-4-9(7-14)12(15)16/h2-3,6,9H,4-5,7H2,1H3,(H,15,16)/t9-/m1/s1. The Hall–Kier alpha value is -1.47. The highest BCUT2D eigenvalue weighted by atomic mass is 32.2. The van der Waals surface area contributed by atoms with E-state index in [9.17, 15) is 17.6 Å². The van der Waals surface area contributed by atoms with Gasteiger partial charge in [0, 0.05) is 13.1 Å². The van der Waals surface area contributed by atoms with Gasteiger partial charge in [-0.25, -0.2) is 12.8 Å². The van der Waals surface area contributed by atoms with Gasteiger partial charge in [-0.3, -0.25) is 4.79 Å². The van der Waals surface area contributed by atoms with Crippen LogP contribution < -0.4 is 0 Å². The third-order valence-corrected chi connectivity index (χ3v) is 5.14. The van der Waals surface area contributed by atoms with Gasteiger partial charge in [0.15, 0.2) is 0 Å². The summed E-state index contributed by atoms with van der Waals surface area (Å²) in [5.41, 5.74) is 0.365. The topological polar surface area (TPSA) is 74.7 Å². The number of hydrogen-bond acceptors (Lipinski definition) is 3. The van der Waals surface area contributed by atoms with Gasteiger partial charge in [-0.2, -0.15) is 4.31 Å². The smallest absolute Gasteiger partial charge is 0.307 e. The predicted octanol–water partition coefficient (Wildman–Crippen LogP) is 1.23. The third-order valence-electron chi connectivity index (χ3n) is 3.28. The summed E-state index contributed by atoms with van der Waals surface area (Å²) < 4.78 is 39.0. The maximum atomic E-state index is 13.4. The number of aliphatic carboxylic acids is 1. The zero-order chi connectivity index (χ0) is 14.2. The summed E-state index contributed by atoms with van der Waals surface area (Å²) in [5, 5.41) is 8.87. The lowest BCUT2D eigenvalue weighted by atomic mass is 10.1. The number of aryl methyl sites for hydroxylation is 1. The quantitative estimate of drug-likeness (QED) is 0.907. The second kappa shape index (κ2) is 4.90. The van der Waals surface area contributed by atoms with Crippen molar-refractivity contribution >= 4 is 16.0 Å². The van der Waals surface area contributed by atoms with Gasteiger partial charge in [-0.15, -0.1) is 0 Å². The van der Waals surface area contributed by atoms with Crippen LogP contribution in [-0.2, 0) is 14.8 Å². The number of benzene rings is 1. The molecule has 1 N–H and O–H groups in total. The summed E-state index contributed by atoms with van der Waals surface area (Å²) in [6.45, 7) is 1.63. The molecule has 1 aromatic carbocycles. The highest BCUT2D eigenvalue weighted by Gasteiger charge is 2.35. The van der Waals surface area contributed by atoms with Gasteiger partial charge in [0.05, 0.1) is 10.8 Å². The Balaban J connectivity index is 2.28. The number of carboxylic acid groups (broad SMARTS) is 1. The summed E-state index contributed by atoms with van der Waals surface area (Å²) in [6, 6.07) is 3.70. The molecular weight excluding hydrogens is 273 g/mol. The first-order chi connectivity index (χ1) is 8.82. The highest BCUT2D eigenvalue weighted by Crippen LogP contribution is 2.25. The molecule has 1 atom stereocenters. The maximum absolute atomic E-state index is 13.4. The van der Waals surface area contributed by atoms with E-state index in [1.165, 1.54) is 12.1 Å². The van der Waals surface area contributed by atoms with Crippen LogP contribution in [0.2, 0.25) is 0 Å². The van der Waals surface area contributed by atoms with Crippen LogP contribution in [0.1, 0.15) is 12.0 Å². The van der Waals surface area contributed by atoms with Crippen molar-refractivity contribution in [1.29, 1.82) is 0 Å². The molecule has 1 aliphatic rings. The van der Waals surface area contributed by atoms with Gasteiger partial charge in [0.2, 0.25) is 10.0 Å². The molecule has 2 rings (SSSR count). The van der Waals surface area contributed by atoms with Crippen LogP contribution in [0, 0.1) is 18.7 Å². The molecule has 1 saturated heterocycles. The first kappa shape index (κ1) is 14.0. The summed E-state index contributed by atoms with van der Waals surface area (Å²) in [4.78, 5) is 10.7. The summed E-state index contributed by atoms with van der Waals surface area (Å²) in [5.74, 6) is -2.28. The van der Waals surface area contributed by atoms with E-state index in [4.69, 9.17) is 5.11 Å². The number of nitrogens with zero attached hydrogens (tertiary/aromatic N) is 1. The predicted molar refractivity (Wildman–Crippen MR) is 65.6 cm³/mol. The monoisotopic (exact) mass is 287 g/mol. The Morgan fingerprint density at radius 2 is 2.16 bits per heavy atom. The Labute approximate surface area is 110 Å². The molecule has 5 nitrogen and oxygen atoms in total. The van der Waals surface area contributed by atoms with E-state index in [1.54, 1.807) is 6.92 Å². The lowest BCUT2D eigenvalue weighted by molar-refractivity contribution is -0.141. The van der Waals surface area contributed by atoms with Crippen LogP contribution in [0.3, 0.4) is 0 Å². The van der Waals surface area contributed by atoms with Crippen molar-refractivity contribution in [1.82, 2.24) is 4.31 Å². The second-order valence-electron chi connectivity index (χ2n) is 4.60. The fraction of sp³-hybridized carbons (Fsp3) is 0.417. The van der Waals surface area contributed by atoms with Crippen molar-refractivity contribution in [3.8, 4) is 0 Å². The number of sulfonamides is 1. The fourth-order valence-electron chi connectivity index (χ4n) is 2.03. The maximum Gasteiger partial charge on any atom is 0.307 e. The van der Waals surface area contributed by atoms with Crippen LogP contribution >= 0.6 is 0 Å². The Morgan fingerprint density at radius 3 is 2.68 bits per heavy atom. The van der Waals surface area contributed by atoms with Gasteiger partial charge in [0.25, 0.3) is 0 Å². The van der Waals surface area contributed by atoms with Crippen molar-refractivity contribution < 1.29 is 22.7 Å². The zero-order valence-corrected chi connectivity index (χ0v) is 11.2. The van der Waals surface area contributed by atoms with E-state index in [1.807, 2.05) is 0 Å². The van der Waals surface area contributed by atoms with Gasteiger partial charge < -0.3 is 5.11 Å². The lowest BCUT2D eigenvalue weighted by Crippen LogP contribution is -2.30. The molecule has 0 aliphatic carbocycles. The fourth-order valence-corrected chi connectivity index (χ4v) is 3.54. The number of rotatable bonds is 3. The average Bonchev–Trinajstić information content (AvgIpc) is 2.82. The number of halogens is 1. The lowest BCUT2D eigenvalue weighted by Gasteiger charge is -2.16. The molecule has 0 amide bonds. The molecule has 19 heavy (non-hydrogen) atoms. The van der Waals surface area contributed by atoms with Gasteiger partial charge in [0.1, 0.15) is 5.82 Å². The summed E-state index contributed by atoms with van der Waals surface area (Å²) in [7, 11) is -3.81. The molecular formula is C12H14FNO4S. The molecule has 0 unspecified atom stereocenters. The molecule has 0 saturated carbocycles. The van der Waals surface area contributed by atoms with E-state index < -0.39 is 27.7 Å². The molecule has 104 valence electrons. The number of hydrogen-bond donors (Lipinski definition) is 1. The Bertz CT molecular complexity index is 614.